The van der Waals surface area contributed by atoms with Crippen molar-refractivity contribution in [2.45, 2.75) is 40.3 Å². The van der Waals surface area contributed by atoms with E-state index in [1.54, 1.807) is 7.11 Å². The molecule has 1 atom stereocenters. The van der Waals surface area contributed by atoms with Gasteiger partial charge in [0.2, 0.25) is 0 Å². The molecular formula is C19H30IN5O. The molecular weight excluding hydrogens is 441 g/mol. The third-order valence-corrected chi connectivity index (χ3v) is 3.78. The minimum atomic E-state index is 0. The molecule has 0 radical (unpaired) electrons. The van der Waals surface area contributed by atoms with Crippen LogP contribution >= 0.6 is 24.0 Å². The molecule has 1 heterocycles. The molecule has 0 amide bonds. The molecule has 0 saturated heterocycles. The van der Waals surface area contributed by atoms with Gasteiger partial charge in [-0.1, -0.05) is 18.2 Å². The molecule has 1 aromatic heterocycles. The van der Waals surface area contributed by atoms with Gasteiger partial charge in [0.15, 0.2) is 5.96 Å². The van der Waals surface area contributed by atoms with Gasteiger partial charge in [-0.05, 0) is 45.4 Å². The van der Waals surface area contributed by atoms with Crippen molar-refractivity contribution in [1.82, 2.24) is 20.4 Å². The Balaban J connectivity index is 0.00000338. The zero-order valence-electron chi connectivity index (χ0n) is 16.2. The number of ether oxygens (including phenoxy) is 1. The quantitative estimate of drug-likeness (QED) is 0.370. The Labute approximate surface area is 173 Å². The highest BCUT2D eigenvalue weighted by Crippen LogP contribution is 2.17. The van der Waals surface area contributed by atoms with Crippen LogP contribution in [0.4, 0.5) is 0 Å². The van der Waals surface area contributed by atoms with Gasteiger partial charge >= 0.3 is 0 Å². The van der Waals surface area contributed by atoms with E-state index in [1.807, 2.05) is 23.7 Å². The van der Waals surface area contributed by atoms with E-state index >= 15 is 0 Å². The van der Waals surface area contributed by atoms with Crippen molar-refractivity contribution in [2.24, 2.45) is 4.99 Å². The number of aromatic nitrogens is 2. The fourth-order valence-corrected chi connectivity index (χ4v) is 2.73. The van der Waals surface area contributed by atoms with Crippen LogP contribution in [0.2, 0.25) is 0 Å². The molecule has 1 aromatic carbocycles. The molecule has 0 bridgehead atoms. The zero-order chi connectivity index (χ0) is 18.2. The molecule has 2 rings (SSSR count). The summed E-state index contributed by atoms with van der Waals surface area (Å²) in [7, 11) is 1.70. The fraction of sp³-hybridized carbons (Fsp3) is 0.474. The summed E-state index contributed by atoms with van der Waals surface area (Å²) in [4.78, 5) is 4.73. The van der Waals surface area contributed by atoms with Gasteiger partial charge < -0.3 is 15.4 Å². The fourth-order valence-electron chi connectivity index (χ4n) is 2.73. The second kappa shape index (κ2) is 11.2. The van der Waals surface area contributed by atoms with Gasteiger partial charge in [-0.2, -0.15) is 5.10 Å². The largest absolute Gasteiger partial charge is 0.383 e. The number of benzene rings is 1. The summed E-state index contributed by atoms with van der Waals surface area (Å²) in [5.41, 5.74) is 4.33. The van der Waals surface area contributed by atoms with Crippen LogP contribution in [0.3, 0.4) is 0 Å². The van der Waals surface area contributed by atoms with Crippen LogP contribution in [0, 0.1) is 13.8 Å². The Kier molecular flexibility index (Phi) is 9.64. The lowest BCUT2D eigenvalue weighted by atomic mass is 10.2. The molecule has 0 fully saturated rings. The lowest BCUT2D eigenvalue weighted by Gasteiger charge is -2.17. The van der Waals surface area contributed by atoms with Gasteiger partial charge in [0.25, 0.3) is 0 Å². The second-order valence-electron chi connectivity index (χ2n) is 6.16. The molecule has 1 unspecified atom stereocenters. The average molecular weight is 471 g/mol. The lowest BCUT2D eigenvalue weighted by Crippen LogP contribution is -2.43. The maximum Gasteiger partial charge on any atom is 0.191 e. The Morgan fingerprint density at radius 3 is 2.65 bits per heavy atom. The van der Waals surface area contributed by atoms with Gasteiger partial charge in [-0.15, -0.1) is 24.0 Å². The van der Waals surface area contributed by atoms with Crippen LogP contribution in [0.25, 0.3) is 5.69 Å². The van der Waals surface area contributed by atoms with Crippen molar-refractivity contribution >= 4 is 29.9 Å². The predicted molar refractivity (Wildman–Crippen MR) is 118 cm³/mol. The number of hydrogen-bond donors (Lipinski definition) is 2. The molecule has 0 aliphatic rings. The monoisotopic (exact) mass is 471 g/mol. The second-order valence-corrected chi connectivity index (χ2v) is 6.16. The summed E-state index contributed by atoms with van der Waals surface area (Å²) in [6.07, 6.45) is 0. The van der Waals surface area contributed by atoms with E-state index in [0.29, 0.717) is 13.2 Å². The van der Waals surface area contributed by atoms with Gasteiger partial charge in [-0.25, -0.2) is 9.67 Å². The highest BCUT2D eigenvalue weighted by molar-refractivity contribution is 14.0. The number of nitrogens with one attached hydrogen (secondary N) is 2. The van der Waals surface area contributed by atoms with Crippen molar-refractivity contribution in [2.75, 3.05) is 20.3 Å². The number of methoxy groups -OCH3 is 1. The van der Waals surface area contributed by atoms with Crippen LogP contribution < -0.4 is 10.6 Å². The number of aliphatic imine (C=N–C) groups is 1. The van der Waals surface area contributed by atoms with Crippen LogP contribution in [0.5, 0.6) is 0 Å². The Hall–Kier alpha value is -1.61. The Morgan fingerprint density at radius 1 is 1.31 bits per heavy atom. The Bertz CT molecular complexity index is 714. The molecule has 2 aromatic rings. The summed E-state index contributed by atoms with van der Waals surface area (Å²) in [5.74, 6) is 0.787. The highest BCUT2D eigenvalue weighted by Gasteiger charge is 2.09. The first-order valence-electron chi connectivity index (χ1n) is 8.70. The number of rotatable bonds is 7. The van der Waals surface area contributed by atoms with E-state index < -0.39 is 0 Å². The van der Waals surface area contributed by atoms with Crippen molar-refractivity contribution in [3.05, 3.63) is 47.3 Å². The number of hydrogen-bond acceptors (Lipinski definition) is 3. The van der Waals surface area contributed by atoms with Crippen molar-refractivity contribution < 1.29 is 4.74 Å². The van der Waals surface area contributed by atoms with E-state index in [1.165, 1.54) is 0 Å². The SMILES string of the molecule is CCNC(=NCc1ccccc1-n1nc(C)cc1C)NC(C)COC.I. The van der Waals surface area contributed by atoms with Crippen molar-refractivity contribution in [1.29, 1.82) is 0 Å². The summed E-state index contributed by atoms with van der Waals surface area (Å²) in [6.45, 7) is 10.2. The highest BCUT2D eigenvalue weighted by atomic mass is 127. The maximum atomic E-state index is 5.18. The molecule has 7 heteroatoms. The molecule has 0 saturated carbocycles. The molecule has 0 aliphatic carbocycles. The Morgan fingerprint density at radius 2 is 2.04 bits per heavy atom. The first-order valence-corrected chi connectivity index (χ1v) is 8.70. The topological polar surface area (TPSA) is 63.5 Å². The van der Waals surface area contributed by atoms with Gasteiger partial charge in [-0.3, -0.25) is 0 Å². The van der Waals surface area contributed by atoms with E-state index in [9.17, 15) is 0 Å². The molecule has 6 nitrogen and oxygen atoms in total. The molecule has 2 N–H and O–H groups in total. The number of halogens is 1. The van der Waals surface area contributed by atoms with Crippen LogP contribution in [0.15, 0.2) is 35.3 Å². The van der Waals surface area contributed by atoms with Crippen LogP contribution in [-0.2, 0) is 11.3 Å². The predicted octanol–water partition coefficient (Wildman–Crippen LogP) is 3.20. The molecule has 0 spiro atoms. The normalized spacial score (nSPS) is 12.4. The molecule has 0 aliphatic heterocycles. The smallest absolute Gasteiger partial charge is 0.191 e. The number of nitrogens with zero attached hydrogens (tertiary/aromatic N) is 3. The summed E-state index contributed by atoms with van der Waals surface area (Å²) in [5, 5.41) is 11.2. The molecule has 26 heavy (non-hydrogen) atoms. The van der Waals surface area contributed by atoms with E-state index in [4.69, 9.17) is 9.73 Å². The number of aryl methyl sites for hydroxylation is 2. The third kappa shape index (κ3) is 6.28. The standard InChI is InChI=1S/C19H29N5O.HI/c1-6-20-19(22-15(3)13-25-5)21-12-17-9-7-8-10-18(17)24-16(4)11-14(2)23-24;/h7-11,15H,6,12-13H2,1-5H3,(H2,20,21,22);1H. The van der Waals surface area contributed by atoms with Crippen molar-refractivity contribution in [3.63, 3.8) is 0 Å². The van der Waals surface area contributed by atoms with Crippen molar-refractivity contribution in [3.8, 4) is 5.69 Å². The summed E-state index contributed by atoms with van der Waals surface area (Å²) < 4.78 is 7.16. The van der Waals surface area contributed by atoms with E-state index in [-0.39, 0.29) is 30.0 Å². The maximum absolute atomic E-state index is 5.18. The summed E-state index contributed by atoms with van der Waals surface area (Å²) >= 11 is 0. The zero-order valence-corrected chi connectivity index (χ0v) is 18.6. The first kappa shape index (κ1) is 22.4. The lowest BCUT2D eigenvalue weighted by molar-refractivity contribution is 0.179. The van der Waals surface area contributed by atoms with Gasteiger partial charge in [0, 0.05) is 25.4 Å². The van der Waals surface area contributed by atoms with Crippen LogP contribution in [0.1, 0.15) is 30.8 Å². The third-order valence-electron chi connectivity index (χ3n) is 3.78. The van der Waals surface area contributed by atoms with E-state index in [2.05, 4.69) is 54.7 Å². The van der Waals surface area contributed by atoms with E-state index in [0.717, 1.165) is 35.1 Å². The van der Waals surface area contributed by atoms with Gasteiger partial charge in [0.05, 0.1) is 24.5 Å². The van der Waals surface area contributed by atoms with Gasteiger partial charge in [0.1, 0.15) is 0 Å². The minimum absolute atomic E-state index is 0. The minimum Gasteiger partial charge on any atom is -0.383 e. The summed E-state index contributed by atoms with van der Waals surface area (Å²) in [6, 6.07) is 10.5. The van der Waals surface area contributed by atoms with Crippen LogP contribution in [-0.4, -0.2) is 42.0 Å². The first-order chi connectivity index (χ1) is 12.0. The average Bonchev–Trinajstić information content (AvgIpc) is 2.91. The molecule has 144 valence electrons. The number of guanidine groups is 1. The number of para-hydroxylation sites is 1.